The van der Waals surface area contributed by atoms with E-state index in [-0.39, 0.29) is 30.9 Å². The van der Waals surface area contributed by atoms with Gasteiger partial charge in [-0.15, -0.1) is 0 Å². The highest BCUT2D eigenvalue weighted by molar-refractivity contribution is 5.98. The van der Waals surface area contributed by atoms with Crippen molar-refractivity contribution in [1.29, 1.82) is 0 Å². The molecule has 3 amide bonds. The van der Waals surface area contributed by atoms with Gasteiger partial charge in [0.05, 0.1) is 30.6 Å². The molecule has 0 aliphatic carbocycles. The first-order chi connectivity index (χ1) is 23.8. The smallest absolute Gasteiger partial charge is 0.374 e. The molecule has 0 saturated carbocycles. The van der Waals surface area contributed by atoms with Crippen LogP contribution in [0.1, 0.15) is 60.9 Å². The van der Waals surface area contributed by atoms with Gasteiger partial charge in [0.1, 0.15) is 12.1 Å². The number of carbonyl (C=O) groups is 3. The number of rotatable bonds is 12. The number of amides is 3. The minimum atomic E-state index is -4.43. The highest BCUT2D eigenvalue weighted by Gasteiger charge is 2.34. The van der Waals surface area contributed by atoms with E-state index in [0.29, 0.717) is 37.1 Å². The number of ether oxygens (including phenoxy) is 1. The van der Waals surface area contributed by atoms with Crippen LogP contribution in [0.4, 0.5) is 19.0 Å². The fourth-order valence-corrected chi connectivity index (χ4v) is 5.80. The summed E-state index contributed by atoms with van der Waals surface area (Å²) in [5.41, 5.74) is 6.23. The SMILES string of the molecule is CC(C)(N)C(=O)N[C@H](COCc1ccccc1)C(=O)Nc1cn(C(C(=O)N2CCC(c3cccc(C(F)(F)F)c3)CC2)c2ccccc2)cn1. The Hall–Kier alpha value is -5.01. The first-order valence-electron chi connectivity index (χ1n) is 16.4. The summed E-state index contributed by atoms with van der Waals surface area (Å²) < 4.78 is 47.3. The number of anilines is 1. The molecule has 2 heterocycles. The molecule has 1 aliphatic rings. The van der Waals surface area contributed by atoms with Gasteiger partial charge in [0.15, 0.2) is 5.82 Å². The topological polar surface area (TPSA) is 132 Å². The molecule has 4 N–H and O–H groups in total. The van der Waals surface area contributed by atoms with Gasteiger partial charge in [-0.1, -0.05) is 78.9 Å². The molecule has 1 unspecified atom stereocenters. The van der Waals surface area contributed by atoms with Crippen LogP contribution in [0.25, 0.3) is 0 Å². The number of halogens is 3. The third-order valence-corrected chi connectivity index (χ3v) is 8.60. The van der Waals surface area contributed by atoms with E-state index in [4.69, 9.17) is 10.5 Å². The van der Waals surface area contributed by atoms with Crippen molar-refractivity contribution in [2.75, 3.05) is 25.0 Å². The summed E-state index contributed by atoms with van der Waals surface area (Å²) in [7, 11) is 0. The number of benzene rings is 3. The lowest BCUT2D eigenvalue weighted by Crippen LogP contribution is -2.56. The summed E-state index contributed by atoms with van der Waals surface area (Å²) in [5.74, 6) is -1.29. The largest absolute Gasteiger partial charge is 0.416 e. The Morgan fingerprint density at radius 2 is 1.62 bits per heavy atom. The predicted molar refractivity (Wildman–Crippen MR) is 182 cm³/mol. The average molecular weight is 691 g/mol. The van der Waals surface area contributed by atoms with Crippen molar-refractivity contribution in [3.8, 4) is 0 Å². The molecule has 13 heteroatoms. The number of nitrogens with one attached hydrogen (secondary N) is 2. The Morgan fingerprint density at radius 3 is 2.26 bits per heavy atom. The molecule has 2 atom stereocenters. The molecule has 264 valence electrons. The number of aromatic nitrogens is 2. The number of imidazole rings is 1. The Kier molecular flexibility index (Phi) is 11.4. The second-order valence-corrected chi connectivity index (χ2v) is 13.0. The van der Waals surface area contributed by atoms with E-state index in [9.17, 15) is 27.6 Å². The van der Waals surface area contributed by atoms with Crippen molar-refractivity contribution >= 4 is 23.5 Å². The lowest BCUT2D eigenvalue weighted by atomic mass is 9.88. The monoisotopic (exact) mass is 690 g/mol. The highest BCUT2D eigenvalue weighted by atomic mass is 19.4. The number of hydrogen-bond donors (Lipinski definition) is 3. The van der Waals surface area contributed by atoms with E-state index in [1.54, 1.807) is 21.7 Å². The van der Waals surface area contributed by atoms with Crippen LogP contribution in [0.15, 0.2) is 97.5 Å². The molecule has 1 fully saturated rings. The van der Waals surface area contributed by atoms with Crippen LogP contribution >= 0.6 is 0 Å². The molecular formula is C37H41F3N6O4. The molecule has 1 aliphatic heterocycles. The number of hydrogen-bond acceptors (Lipinski definition) is 6. The number of nitrogens with two attached hydrogens (primary N) is 1. The van der Waals surface area contributed by atoms with Crippen LogP contribution < -0.4 is 16.4 Å². The van der Waals surface area contributed by atoms with Crippen LogP contribution in [0, 0.1) is 0 Å². The molecule has 3 aromatic carbocycles. The Labute approximate surface area is 288 Å². The van der Waals surface area contributed by atoms with E-state index in [2.05, 4.69) is 15.6 Å². The number of carbonyl (C=O) groups excluding carboxylic acids is 3. The molecule has 0 radical (unpaired) electrons. The molecule has 0 spiro atoms. The van der Waals surface area contributed by atoms with Gasteiger partial charge in [0, 0.05) is 19.3 Å². The minimum absolute atomic E-state index is 0.110. The van der Waals surface area contributed by atoms with Crippen molar-refractivity contribution in [1.82, 2.24) is 19.8 Å². The van der Waals surface area contributed by atoms with Crippen molar-refractivity contribution in [2.45, 2.75) is 63.0 Å². The van der Waals surface area contributed by atoms with Gasteiger partial charge in [-0.25, -0.2) is 4.98 Å². The third kappa shape index (κ3) is 9.36. The van der Waals surface area contributed by atoms with Crippen LogP contribution in [0.3, 0.4) is 0 Å². The fourth-order valence-electron chi connectivity index (χ4n) is 5.80. The molecule has 4 aromatic rings. The third-order valence-electron chi connectivity index (χ3n) is 8.60. The zero-order valence-corrected chi connectivity index (χ0v) is 27.9. The summed E-state index contributed by atoms with van der Waals surface area (Å²) >= 11 is 0. The summed E-state index contributed by atoms with van der Waals surface area (Å²) in [4.78, 5) is 46.3. The van der Waals surface area contributed by atoms with E-state index in [1.165, 1.54) is 32.3 Å². The molecule has 1 saturated heterocycles. The normalized spacial score (nSPS) is 15.3. The van der Waals surface area contributed by atoms with Crippen molar-refractivity contribution < 1.29 is 32.3 Å². The standard InChI is InChI=1S/C37H41F3N6O4/c1-36(2,41)35(49)43-30(23-50-22-25-10-5-3-6-11-25)33(47)44-31-21-46(24-42-31)32(27-12-7-4-8-13-27)34(48)45-18-16-26(17-19-45)28-14-9-15-29(20-28)37(38,39)40/h3-15,20-21,24,26,30,32H,16-19,22-23,41H2,1-2H3,(H,43,49)(H,44,47)/t30-,32?/m1/s1. The molecule has 5 rings (SSSR count). The van der Waals surface area contributed by atoms with Gasteiger partial charge in [-0.3, -0.25) is 14.4 Å². The lowest BCUT2D eigenvalue weighted by molar-refractivity contribution is -0.137. The number of alkyl halides is 3. The average Bonchev–Trinajstić information content (AvgIpc) is 3.55. The second kappa shape index (κ2) is 15.7. The Bertz CT molecular complexity index is 1750. The van der Waals surface area contributed by atoms with Crippen LogP contribution in [0.2, 0.25) is 0 Å². The van der Waals surface area contributed by atoms with Crippen LogP contribution in [0.5, 0.6) is 0 Å². The molecule has 10 nitrogen and oxygen atoms in total. The van der Waals surface area contributed by atoms with Gasteiger partial charge in [0.2, 0.25) is 11.8 Å². The Morgan fingerprint density at radius 1 is 0.960 bits per heavy atom. The number of piperidine rings is 1. The predicted octanol–water partition coefficient (Wildman–Crippen LogP) is 5.27. The van der Waals surface area contributed by atoms with E-state index in [0.717, 1.165) is 11.6 Å². The van der Waals surface area contributed by atoms with Gasteiger partial charge in [0.25, 0.3) is 5.91 Å². The first kappa shape index (κ1) is 36.3. The van der Waals surface area contributed by atoms with E-state index >= 15 is 0 Å². The summed E-state index contributed by atoms with van der Waals surface area (Å²) in [5, 5.41) is 5.37. The number of likely N-dealkylation sites (tertiary alicyclic amines) is 1. The van der Waals surface area contributed by atoms with Gasteiger partial charge in [-0.05, 0) is 55.4 Å². The Balaban J connectivity index is 1.29. The summed E-state index contributed by atoms with van der Waals surface area (Å²) in [6.45, 7) is 3.87. The second-order valence-electron chi connectivity index (χ2n) is 13.0. The van der Waals surface area contributed by atoms with Gasteiger partial charge >= 0.3 is 6.18 Å². The summed E-state index contributed by atoms with van der Waals surface area (Å²) in [6, 6.07) is 22.0. The van der Waals surface area contributed by atoms with Gasteiger partial charge in [-0.2, -0.15) is 13.2 Å². The molecular weight excluding hydrogens is 649 g/mol. The number of nitrogens with zero attached hydrogens (tertiary/aromatic N) is 3. The summed E-state index contributed by atoms with van der Waals surface area (Å²) in [6.07, 6.45) is -0.411. The van der Waals surface area contributed by atoms with Crippen molar-refractivity contribution in [2.24, 2.45) is 5.73 Å². The molecule has 0 bridgehead atoms. The molecule has 50 heavy (non-hydrogen) atoms. The first-order valence-corrected chi connectivity index (χ1v) is 16.4. The maximum Gasteiger partial charge on any atom is 0.416 e. The minimum Gasteiger partial charge on any atom is -0.374 e. The van der Waals surface area contributed by atoms with Crippen LogP contribution in [-0.4, -0.2) is 63.4 Å². The van der Waals surface area contributed by atoms with Crippen molar-refractivity contribution in [3.05, 3.63) is 120 Å². The molecule has 1 aromatic heterocycles. The van der Waals surface area contributed by atoms with Gasteiger partial charge < -0.3 is 30.6 Å². The fraction of sp³-hybridized carbons (Fsp3) is 0.351. The zero-order chi connectivity index (χ0) is 35.9. The highest BCUT2D eigenvalue weighted by Crippen LogP contribution is 2.35. The van der Waals surface area contributed by atoms with E-state index in [1.807, 2.05) is 60.7 Å². The zero-order valence-electron chi connectivity index (χ0n) is 27.9. The quantitative estimate of drug-likeness (QED) is 0.186. The lowest BCUT2D eigenvalue weighted by Gasteiger charge is -2.35. The maximum atomic E-state index is 14.1. The van der Waals surface area contributed by atoms with Crippen LogP contribution in [-0.2, 0) is 31.9 Å². The van der Waals surface area contributed by atoms with Crippen molar-refractivity contribution in [3.63, 3.8) is 0 Å². The maximum absolute atomic E-state index is 14.1. The van der Waals surface area contributed by atoms with E-state index < -0.39 is 41.2 Å².